The van der Waals surface area contributed by atoms with Gasteiger partial charge in [0.05, 0.1) is 18.7 Å². The number of H-pyrrole nitrogens is 2. The van der Waals surface area contributed by atoms with Gasteiger partial charge in [-0.3, -0.25) is 4.98 Å². The first-order chi connectivity index (χ1) is 9.38. The lowest BCUT2D eigenvalue weighted by atomic mass is 9.97. The normalized spacial score (nSPS) is 10.8. The number of rotatable bonds is 4. The lowest BCUT2D eigenvalue weighted by Crippen LogP contribution is -2.06. The maximum absolute atomic E-state index is 5.28. The molecule has 0 amide bonds. The van der Waals surface area contributed by atoms with Crippen LogP contribution in [0.2, 0.25) is 0 Å². The van der Waals surface area contributed by atoms with Crippen LogP contribution in [0, 0.1) is 0 Å². The zero-order valence-electron chi connectivity index (χ0n) is 10.6. The van der Waals surface area contributed by atoms with Gasteiger partial charge in [-0.25, -0.2) is 0 Å². The van der Waals surface area contributed by atoms with Crippen molar-refractivity contribution < 1.29 is 4.74 Å². The van der Waals surface area contributed by atoms with E-state index in [9.17, 15) is 0 Å². The molecular weight excluding hydrogens is 238 g/mol. The molecule has 2 N–H and O–H groups in total. The summed E-state index contributed by atoms with van der Waals surface area (Å²) in [5, 5.41) is 0. The summed E-state index contributed by atoms with van der Waals surface area (Å²) >= 11 is 0. The number of nitrogens with one attached hydrogen (secondary N) is 2. The fourth-order valence-electron chi connectivity index (χ4n) is 2.25. The van der Waals surface area contributed by atoms with Crippen LogP contribution in [0.3, 0.4) is 0 Å². The van der Waals surface area contributed by atoms with Crippen LogP contribution in [-0.4, -0.2) is 22.1 Å². The average molecular weight is 253 g/mol. The predicted octanol–water partition coefficient (Wildman–Crippen LogP) is 2.93. The van der Waals surface area contributed by atoms with Crippen molar-refractivity contribution in [3.8, 4) is 5.75 Å². The standard InChI is InChI=1S/C15H15N3O/c1-19-11-6-9-18-14(10-11)15(12-4-2-7-16-12)13-5-3-8-17-13/h2-10,15-17H,1H3. The molecule has 3 heterocycles. The van der Waals surface area contributed by atoms with Crippen molar-refractivity contribution in [1.82, 2.24) is 15.0 Å². The second-order valence-corrected chi connectivity index (χ2v) is 4.30. The molecule has 4 heteroatoms. The summed E-state index contributed by atoms with van der Waals surface area (Å²) < 4.78 is 5.28. The molecule has 0 aromatic carbocycles. The molecule has 0 fully saturated rings. The first kappa shape index (κ1) is 11.6. The summed E-state index contributed by atoms with van der Waals surface area (Å²) in [6, 6.07) is 11.9. The van der Waals surface area contributed by atoms with Gasteiger partial charge in [0.15, 0.2) is 0 Å². The molecule has 0 bridgehead atoms. The highest BCUT2D eigenvalue weighted by Gasteiger charge is 2.20. The zero-order chi connectivity index (χ0) is 13.1. The molecule has 0 saturated carbocycles. The average Bonchev–Trinajstić information content (AvgIpc) is 3.13. The van der Waals surface area contributed by atoms with E-state index in [1.54, 1.807) is 13.3 Å². The molecule has 0 spiro atoms. The Morgan fingerprint density at radius 3 is 2.26 bits per heavy atom. The molecule has 0 aliphatic carbocycles. The maximum Gasteiger partial charge on any atom is 0.122 e. The molecule has 0 aliphatic rings. The van der Waals surface area contributed by atoms with Crippen LogP contribution in [0.15, 0.2) is 55.0 Å². The number of hydrogen-bond donors (Lipinski definition) is 2. The molecule has 19 heavy (non-hydrogen) atoms. The van der Waals surface area contributed by atoms with E-state index in [-0.39, 0.29) is 5.92 Å². The Labute approximate surface area is 111 Å². The third-order valence-corrected chi connectivity index (χ3v) is 3.15. The van der Waals surface area contributed by atoms with Crippen LogP contribution in [-0.2, 0) is 0 Å². The van der Waals surface area contributed by atoms with Gasteiger partial charge in [0.2, 0.25) is 0 Å². The lowest BCUT2D eigenvalue weighted by Gasteiger charge is -2.15. The van der Waals surface area contributed by atoms with E-state index in [4.69, 9.17) is 4.74 Å². The Morgan fingerprint density at radius 2 is 1.74 bits per heavy atom. The van der Waals surface area contributed by atoms with Crippen molar-refractivity contribution in [2.45, 2.75) is 5.92 Å². The van der Waals surface area contributed by atoms with Crippen molar-refractivity contribution in [1.29, 1.82) is 0 Å². The smallest absolute Gasteiger partial charge is 0.122 e. The van der Waals surface area contributed by atoms with Gasteiger partial charge in [-0.05, 0) is 30.3 Å². The Hall–Kier alpha value is -2.49. The number of hydrogen-bond acceptors (Lipinski definition) is 2. The van der Waals surface area contributed by atoms with Gasteiger partial charge in [-0.1, -0.05) is 0 Å². The number of ether oxygens (including phenoxy) is 1. The summed E-state index contributed by atoms with van der Waals surface area (Å²) in [6.07, 6.45) is 5.62. The summed E-state index contributed by atoms with van der Waals surface area (Å²) in [5.41, 5.74) is 3.15. The van der Waals surface area contributed by atoms with Crippen LogP contribution >= 0.6 is 0 Å². The fourth-order valence-corrected chi connectivity index (χ4v) is 2.25. The van der Waals surface area contributed by atoms with Crippen LogP contribution in [0.1, 0.15) is 23.0 Å². The van der Waals surface area contributed by atoms with Gasteiger partial charge in [0.1, 0.15) is 5.75 Å². The Balaban J connectivity index is 2.09. The van der Waals surface area contributed by atoms with E-state index < -0.39 is 0 Å². The summed E-state index contributed by atoms with van der Waals surface area (Å²) in [7, 11) is 1.66. The summed E-state index contributed by atoms with van der Waals surface area (Å²) in [6.45, 7) is 0. The van der Waals surface area contributed by atoms with Crippen LogP contribution in [0.4, 0.5) is 0 Å². The number of nitrogens with zero attached hydrogens (tertiary/aromatic N) is 1. The van der Waals surface area contributed by atoms with Gasteiger partial charge < -0.3 is 14.7 Å². The Bertz CT molecular complexity index is 595. The largest absolute Gasteiger partial charge is 0.497 e. The fraction of sp³-hybridized carbons (Fsp3) is 0.133. The van der Waals surface area contributed by atoms with Crippen molar-refractivity contribution in [3.05, 3.63) is 72.1 Å². The quantitative estimate of drug-likeness (QED) is 0.751. The summed E-state index contributed by atoms with van der Waals surface area (Å²) in [5.74, 6) is 0.869. The monoisotopic (exact) mass is 253 g/mol. The van der Waals surface area contributed by atoms with Gasteiger partial charge in [0.25, 0.3) is 0 Å². The molecule has 0 atom stereocenters. The highest BCUT2D eigenvalue weighted by Crippen LogP contribution is 2.29. The van der Waals surface area contributed by atoms with Crippen LogP contribution in [0.5, 0.6) is 5.75 Å². The molecule has 3 rings (SSSR count). The molecule has 0 saturated heterocycles. The highest BCUT2D eigenvalue weighted by molar-refractivity contribution is 5.37. The topological polar surface area (TPSA) is 53.7 Å². The predicted molar refractivity (Wildman–Crippen MR) is 73.3 cm³/mol. The number of aromatic nitrogens is 3. The minimum atomic E-state index is 0.0556. The molecule has 0 radical (unpaired) electrons. The third-order valence-electron chi connectivity index (χ3n) is 3.15. The molecule has 96 valence electrons. The lowest BCUT2D eigenvalue weighted by molar-refractivity contribution is 0.413. The van der Waals surface area contributed by atoms with E-state index in [1.807, 2.05) is 36.7 Å². The number of pyridine rings is 1. The second kappa shape index (κ2) is 5.02. The minimum absolute atomic E-state index is 0.0556. The number of aromatic amines is 2. The molecule has 0 aliphatic heterocycles. The van der Waals surface area contributed by atoms with Crippen molar-refractivity contribution >= 4 is 0 Å². The second-order valence-electron chi connectivity index (χ2n) is 4.30. The van der Waals surface area contributed by atoms with Gasteiger partial charge in [-0.15, -0.1) is 0 Å². The first-order valence-electron chi connectivity index (χ1n) is 6.15. The van der Waals surface area contributed by atoms with E-state index in [2.05, 4.69) is 27.1 Å². The van der Waals surface area contributed by atoms with Crippen molar-refractivity contribution in [2.24, 2.45) is 0 Å². The minimum Gasteiger partial charge on any atom is -0.497 e. The number of methoxy groups -OCH3 is 1. The highest BCUT2D eigenvalue weighted by atomic mass is 16.5. The molecule has 3 aromatic rings. The molecule has 0 unspecified atom stereocenters. The van der Waals surface area contributed by atoms with Gasteiger partial charge in [0, 0.05) is 36.0 Å². The van der Waals surface area contributed by atoms with Gasteiger partial charge >= 0.3 is 0 Å². The van der Waals surface area contributed by atoms with E-state index in [1.165, 1.54) is 0 Å². The Kier molecular flexibility index (Phi) is 3.06. The first-order valence-corrected chi connectivity index (χ1v) is 6.15. The third kappa shape index (κ3) is 2.25. The van der Waals surface area contributed by atoms with Crippen LogP contribution < -0.4 is 4.74 Å². The summed E-state index contributed by atoms with van der Waals surface area (Å²) in [4.78, 5) is 11.0. The molecule has 4 nitrogen and oxygen atoms in total. The SMILES string of the molecule is COc1ccnc(C(c2ccc[nH]2)c2ccc[nH]2)c1. The van der Waals surface area contributed by atoms with Crippen LogP contribution in [0.25, 0.3) is 0 Å². The van der Waals surface area contributed by atoms with E-state index in [0.29, 0.717) is 0 Å². The maximum atomic E-state index is 5.28. The zero-order valence-corrected chi connectivity index (χ0v) is 10.6. The van der Waals surface area contributed by atoms with Crippen molar-refractivity contribution in [3.63, 3.8) is 0 Å². The van der Waals surface area contributed by atoms with E-state index in [0.717, 1.165) is 22.8 Å². The Morgan fingerprint density at radius 1 is 1.05 bits per heavy atom. The molecular formula is C15H15N3O. The van der Waals surface area contributed by atoms with Gasteiger partial charge in [-0.2, -0.15) is 0 Å². The van der Waals surface area contributed by atoms with E-state index >= 15 is 0 Å². The molecule has 3 aromatic heterocycles. The van der Waals surface area contributed by atoms with Crippen molar-refractivity contribution in [2.75, 3.05) is 7.11 Å².